The molecule has 26 heteroatoms. The molecule has 10 N–H and O–H groups in total. The summed E-state index contributed by atoms with van der Waals surface area (Å²) in [6.07, 6.45) is 31.6. The first kappa shape index (κ1) is 109. The molecule has 692 valence electrons. The van der Waals surface area contributed by atoms with Gasteiger partial charge in [0, 0.05) is 25.7 Å². The predicted octanol–water partition coefficient (Wildman–Crippen LogP) is 17.7. The van der Waals surface area contributed by atoms with Crippen molar-refractivity contribution in [3.8, 4) is 0 Å². The lowest BCUT2D eigenvalue weighted by Crippen LogP contribution is -2.70. The fraction of sp³-hybridized carbons (Fsp3) is 0.913. The quantitative estimate of drug-likeness (QED) is 0.00889. The van der Waals surface area contributed by atoms with E-state index < -0.39 is 162 Å². The second-order valence-electron chi connectivity index (χ2n) is 33.9. The third-order valence-corrected chi connectivity index (χ3v) is 24.2. The van der Waals surface area contributed by atoms with Gasteiger partial charge in [0.25, 0.3) is 0 Å². The van der Waals surface area contributed by atoms with Crippen LogP contribution in [0.5, 0.6) is 0 Å². The van der Waals surface area contributed by atoms with E-state index >= 15 is 0 Å². The number of aliphatic hydroxyl groups is 9. The molecule has 2 saturated heterocycles. The van der Waals surface area contributed by atoms with Crippen molar-refractivity contribution in [1.82, 2.24) is 0 Å². The van der Waals surface area contributed by atoms with Gasteiger partial charge in [-0.2, -0.15) is 0 Å². The zero-order valence-electron chi connectivity index (χ0n) is 73.7. The van der Waals surface area contributed by atoms with E-state index in [1.165, 1.54) is 173 Å². The summed E-state index contributed by atoms with van der Waals surface area (Å²) in [5.74, 6) is -2.98. The van der Waals surface area contributed by atoms with Crippen LogP contribution in [-0.4, -0.2) is 205 Å². The van der Waals surface area contributed by atoms with Crippen molar-refractivity contribution in [3.63, 3.8) is 0 Å². The molecule has 0 aromatic heterocycles. The molecule has 0 aromatic rings. The SMILES string of the molecule is CCCCCC/C=C\CCCCCCCCCC(=O)OCC1OC(OC2C(OC(=O)CCCCCCCCCCCCCCCCC)C(O)C(O)C(OC3OC(CO)C(O)C(O)C3O)C2OP(=O)(O)OCC(COC(=O)CCCCC/C=C\CCCCCCCC)OC(=O)CCCCCCCCCCCCCCCCCC)C(O)C(O)C1O. The number of phosphoric acid groups is 1. The molecular weight excluding hydrogens is 1540 g/mol. The molecule has 18 unspecified atom stereocenters. The summed E-state index contributed by atoms with van der Waals surface area (Å²) in [7, 11) is -5.81. The number of hydrogen-bond acceptors (Lipinski definition) is 24. The topological polar surface area (TPSA) is 380 Å². The van der Waals surface area contributed by atoms with Crippen LogP contribution in [0.2, 0.25) is 0 Å². The van der Waals surface area contributed by atoms with Crippen LogP contribution >= 0.6 is 7.82 Å². The third-order valence-electron chi connectivity index (χ3n) is 23.2. The number of ether oxygens (including phenoxy) is 8. The van der Waals surface area contributed by atoms with Crippen molar-refractivity contribution in [2.45, 2.75) is 511 Å². The van der Waals surface area contributed by atoms with Gasteiger partial charge in [-0.05, 0) is 77.0 Å². The lowest BCUT2D eigenvalue weighted by Gasteiger charge is -2.50. The summed E-state index contributed by atoms with van der Waals surface area (Å²) in [6.45, 7) is 5.58. The molecule has 0 radical (unpaired) electrons. The van der Waals surface area contributed by atoms with Crippen LogP contribution in [-0.2, 0) is 70.7 Å². The average molecular weight is 1710 g/mol. The largest absolute Gasteiger partial charge is 0.472 e. The smallest absolute Gasteiger partial charge is 0.463 e. The first-order valence-corrected chi connectivity index (χ1v) is 49.1. The van der Waals surface area contributed by atoms with Crippen LogP contribution < -0.4 is 0 Å². The van der Waals surface area contributed by atoms with Gasteiger partial charge in [0.1, 0.15) is 92.6 Å². The van der Waals surface area contributed by atoms with Crippen molar-refractivity contribution in [3.05, 3.63) is 24.3 Å². The molecule has 18 atom stereocenters. The summed E-state index contributed by atoms with van der Waals surface area (Å²) in [6, 6.07) is 0. The molecule has 1 aliphatic carbocycles. The molecule has 0 bridgehead atoms. The molecule has 1 saturated carbocycles. The van der Waals surface area contributed by atoms with Crippen molar-refractivity contribution < 1.29 is 122 Å². The molecule has 2 heterocycles. The van der Waals surface area contributed by atoms with E-state index in [4.69, 9.17) is 46.9 Å². The monoisotopic (exact) mass is 1710 g/mol. The normalized spacial score (nSPS) is 25.0. The van der Waals surface area contributed by atoms with Gasteiger partial charge in [-0.1, -0.05) is 328 Å². The molecule has 0 spiro atoms. The first-order chi connectivity index (χ1) is 57.2. The summed E-state index contributed by atoms with van der Waals surface area (Å²) >= 11 is 0. The van der Waals surface area contributed by atoms with Gasteiger partial charge in [0.15, 0.2) is 24.8 Å². The highest BCUT2D eigenvalue weighted by molar-refractivity contribution is 7.47. The Kier molecular flexibility index (Phi) is 65.8. The standard InChI is InChI=1S/C92H169O25P/c1-5-9-13-17-21-25-29-33-36-39-43-46-50-54-58-62-66-77(96)111-72(69-108-75(94)64-60-56-52-48-44-40-32-28-24-20-16-12-8-4)70-110-118(106,107)117-90-88(115-91-85(104)81(100)79(98)73(68-93)112-91)84(103)83(102)87(114-78(97)67-63-59-55-51-47-42-38-35-31-27-23-19-15-11-7-3)89(90)116-92-86(105)82(101)80(99)74(113-92)71-109-76(95)65-61-57-53-49-45-41-37-34-30-26-22-18-14-10-6-2/h26,30,40,44,72-74,79-93,98-105H,5-25,27-29,31-39,41-43,45-71H2,1-4H3,(H,106,107)/b30-26-,44-40-. The second-order valence-corrected chi connectivity index (χ2v) is 35.3. The summed E-state index contributed by atoms with van der Waals surface area (Å²) in [5, 5.41) is 102. The Morgan fingerprint density at radius 1 is 0.331 bits per heavy atom. The zero-order valence-corrected chi connectivity index (χ0v) is 74.6. The number of allylic oxidation sites excluding steroid dienone is 4. The average Bonchev–Trinajstić information content (AvgIpc) is 0.754. The van der Waals surface area contributed by atoms with E-state index in [0.717, 1.165) is 148 Å². The van der Waals surface area contributed by atoms with Gasteiger partial charge >= 0.3 is 31.7 Å². The highest BCUT2D eigenvalue weighted by Crippen LogP contribution is 2.49. The molecule has 25 nitrogen and oxygen atoms in total. The molecule has 0 aromatic carbocycles. The van der Waals surface area contributed by atoms with Gasteiger partial charge in [-0.25, -0.2) is 4.57 Å². The maximum absolute atomic E-state index is 14.9. The summed E-state index contributed by atoms with van der Waals surface area (Å²) in [5.41, 5.74) is 0. The number of aliphatic hydroxyl groups excluding tert-OH is 9. The number of phosphoric ester groups is 1. The second kappa shape index (κ2) is 71.1. The van der Waals surface area contributed by atoms with Crippen LogP contribution in [0.1, 0.15) is 407 Å². The minimum Gasteiger partial charge on any atom is -0.463 e. The number of rotatable bonds is 77. The summed E-state index contributed by atoms with van der Waals surface area (Å²) in [4.78, 5) is 66.5. The molecule has 3 fully saturated rings. The number of carbonyl (C=O) groups excluding carboxylic acids is 4. The van der Waals surface area contributed by atoms with Crippen LogP contribution in [0.3, 0.4) is 0 Å². The molecule has 118 heavy (non-hydrogen) atoms. The van der Waals surface area contributed by atoms with Crippen molar-refractivity contribution in [2.24, 2.45) is 0 Å². The summed E-state index contributed by atoms with van der Waals surface area (Å²) < 4.78 is 73.4. The fourth-order valence-corrected chi connectivity index (χ4v) is 16.6. The van der Waals surface area contributed by atoms with Crippen molar-refractivity contribution in [1.29, 1.82) is 0 Å². The van der Waals surface area contributed by atoms with Crippen LogP contribution in [0.4, 0.5) is 0 Å². The fourth-order valence-electron chi connectivity index (χ4n) is 15.6. The molecule has 3 rings (SSSR count). The van der Waals surface area contributed by atoms with Crippen LogP contribution in [0.15, 0.2) is 24.3 Å². The van der Waals surface area contributed by atoms with E-state index in [0.29, 0.717) is 32.1 Å². The lowest BCUT2D eigenvalue weighted by atomic mass is 9.84. The van der Waals surface area contributed by atoms with Gasteiger partial charge in [0.05, 0.1) is 13.2 Å². The van der Waals surface area contributed by atoms with Crippen molar-refractivity contribution >= 4 is 31.7 Å². The highest BCUT2D eigenvalue weighted by atomic mass is 31.2. The zero-order chi connectivity index (χ0) is 86.1. The van der Waals surface area contributed by atoms with E-state index in [9.17, 15) is 74.6 Å². The van der Waals surface area contributed by atoms with E-state index in [1.54, 1.807) is 0 Å². The minimum atomic E-state index is -5.81. The van der Waals surface area contributed by atoms with Crippen LogP contribution in [0.25, 0.3) is 0 Å². The number of unbranched alkanes of at least 4 members (excludes halogenated alkanes) is 49. The van der Waals surface area contributed by atoms with Gasteiger partial charge in [0.2, 0.25) is 0 Å². The Balaban J connectivity index is 1.91. The van der Waals surface area contributed by atoms with Gasteiger partial charge in [-0.15, -0.1) is 0 Å². The Hall–Kier alpha value is -3.05. The Bertz CT molecular complexity index is 2550. The maximum atomic E-state index is 14.9. The van der Waals surface area contributed by atoms with Gasteiger partial charge in [-0.3, -0.25) is 28.2 Å². The Morgan fingerprint density at radius 2 is 0.636 bits per heavy atom. The number of carbonyl (C=O) groups is 4. The van der Waals surface area contributed by atoms with E-state index in [2.05, 4.69) is 52.0 Å². The van der Waals surface area contributed by atoms with Gasteiger partial charge < -0.3 is 88.7 Å². The number of esters is 4. The molecule has 2 aliphatic heterocycles. The maximum Gasteiger partial charge on any atom is 0.472 e. The first-order valence-electron chi connectivity index (χ1n) is 47.6. The lowest BCUT2D eigenvalue weighted by molar-refractivity contribution is -0.360. The Labute approximate surface area is 711 Å². The third kappa shape index (κ3) is 50.8. The van der Waals surface area contributed by atoms with Crippen molar-refractivity contribution in [2.75, 3.05) is 26.4 Å². The molecular formula is C92H169O25P. The van der Waals surface area contributed by atoms with E-state index in [-0.39, 0.29) is 25.7 Å². The molecule has 3 aliphatic rings. The predicted molar refractivity (Wildman–Crippen MR) is 458 cm³/mol. The molecule has 0 amide bonds. The van der Waals surface area contributed by atoms with E-state index in [1.807, 2.05) is 0 Å². The minimum absolute atomic E-state index is 0.00955. The van der Waals surface area contributed by atoms with Crippen LogP contribution in [0, 0.1) is 0 Å². The Morgan fingerprint density at radius 3 is 1.03 bits per heavy atom. The number of hydrogen-bond donors (Lipinski definition) is 10. The highest BCUT2D eigenvalue weighted by Gasteiger charge is 2.60.